The molecule has 0 saturated heterocycles. The van der Waals surface area contributed by atoms with Crippen molar-refractivity contribution in [2.24, 2.45) is 0 Å². The molecule has 0 spiro atoms. The van der Waals surface area contributed by atoms with Gasteiger partial charge in [0.2, 0.25) is 0 Å². The van der Waals surface area contributed by atoms with Gasteiger partial charge in [-0.2, -0.15) is 0 Å². The standard InChI is InChI=1S/C16H27N3/c1-13(2)19(3)11-5-9-17-12-15-7-4-6-14-8-10-18-16(14)15/h4,6-7,13,17-18H,5,8-12H2,1-3H3. The van der Waals surface area contributed by atoms with E-state index in [9.17, 15) is 0 Å². The molecule has 0 unspecified atom stereocenters. The second kappa shape index (κ2) is 6.92. The van der Waals surface area contributed by atoms with E-state index >= 15 is 0 Å². The zero-order valence-corrected chi connectivity index (χ0v) is 12.5. The fraction of sp³-hybridized carbons (Fsp3) is 0.625. The lowest BCUT2D eigenvalue weighted by atomic mass is 10.1. The van der Waals surface area contributed by atoms with E-state index in [1.165, 1.54) is 29.7 Å². The number of hydrogen-bond donors (Lipinski definition) is 2. The number of anilines is 1. The van der Waals surface area contributed by atoms with E-state index in [1.807, 2.05) is 0 Å². The predicted molar refractivity (Wildman–Crippen MR) is 82.7 cm³/mol. The number of benzene rings is 1. The third-order valence-electron chi connectivity index (χ3n) is 3.99. The molecule has 1 heterocycles. The Kier molecular flexibility index (Phi) is 5.23. The van der Waals surface area contributed by atoms with Crippen molar-refractivity contribution in [1.29, 1.82) is 0 Å². The summed E-state index contributed by atoms with van der Waals surface area (Å²) in [7, 11) is 2.19. The number of nitrogens with zero attached hydrogens (tertiary/aromatic N) is 1. The number of fused-ring (bicyclic) bond motifs is 1. The van der Waals surface area contributed by atoms with Gasteiger partial charge in [-0.3, -0.25) is 0 Å². The van der Waals surface area contributed by atoms with Gasteiger partial charge in [-0.15, -0.1) is 0 Å². The van der Waals surface area contributed by atoms with Gasteiger partial charge in [0.1, 0.15) is 0 Å². The van der Waals surface area contributed by atoms with Crippen LogP contribution in [-0.4, -0.2) is 37.6 Å². The zero-order chi connectivity index (χ0) is 13.7. The average Bonchev–Trinajstić information content (AvgIpc) is 2.87. The molecule has 0 radical (unpaired) electrons. The van der Waals surface area contributed by atoms with Crippen molar-refractivity contribution in [3.8, 4) is 0 Å². The summed E-state index contributed by atoms with van der Waals surface area (Å²) in [5, 5.41) is 7.05. The van der Waals surface area contributed by atoms with Gasteiger partial charge in [-0.05, 0) is 58.0 Å². The lowest BCUT2D eigenvalue weighted by molar-refractivity contribution is 0.269. The van der Waals surface area contributed by atoms with Crippen LogP contribution in [0.25, 0.3) is 0 Å². The summed E-state index contributed by atoms with van der Waals surface area (Å²) in [5.41, 5.74) is 4.25. The number of hydrogen-bond acceptors (Lipinski definition) is 3. The van der Waals surface area contributed by atoms with Crippen LogP contribution in [0, 0.1) is 0 Å². The van der Waals surface area contributed by atoms with Crippen molar-refractivity contribution in [2.75, 3.05) is 32.0 Å². The quantitative estimate of drug-likeness (QED) is 0.738. The van der Waals surface area contributed by atoms with Gasteiger partial charge in [0, 0.05) is 24.8 Å². The Morgan fingerprint density at radius 1 is 1.37 bits per heavy atom. The summed E-state index contributed by atoms with van der Waals surface area (Å²) >= 11 is 0. The van der Waals surface area contributed by atoms with Gasteiger partial charge in [-0.25, -0.2) is 0 Å². The van der Waals surface area contributed by atoms with Gasteiger partial charge in [0.05, 0.1) is 0 Å². The van der Waals surface area contributed by atoms with Crippen LogP contribution in [0.2, 0.25) is 0 Å². The molecule has 0 aliphatic carbocycles. The average molecular weight is 261 g/mol. The summed E-state index contributed by atoms with van der Waals surface area (Å²) in [5.74, 6) is 0. The molecular weight excluding hydrogens is 234 g/mol. The molecule has 0 bridgehead atoms. The predicted octanol–water partition coefficient (Wildman–Crippen LogP) is 2.47. The van der Waals surface area contributed by atoms with Crippen LogP contribution in [0.1, 0.15) is 31.4 Å². The molecule has 106 valence electrons. The van der Waals surface area contributed by atoms with Crippen LogP contribution >= 0.6 is 0 Å². The Balaban J connectivity index is 1.71. The van der Waals surface area contributed by atoms with Crippen molar-refractivity contribution in [2.45, 2.75) is 39.3 Å². The van der Waals surface area contributed by atoms with Crippen LogP contribution < -0.4 is 10.6 Å². The van der Waals surface area contributed by atoms with Crippen molar-refractivity contribution in [3.63, 3.8) is 0 Å². The molecule has 0 saturated carbocycles. The van der Waals surface area contributed by atoms with Gasteiger partial charge in [-0.1, -0.05) is 18.2 Å². The van der Waals surface area contributed by atoms with Crippen LogP contribution in [0.3, 0.4) is 0 Å². The second-order valence-corrected chi connectivity index (χ2v) is 5.73. The van der Waals surface area contributed by atoms with Crippen molar-refractivity contribution >= 4 is 5.69 Å². The lowest BCUT2D eigenvalue weighted by Gasteiger charge is -2.20. The largest absolute Gasteiger partial charge is 0.384 e. The Morgan fingerprint density at radius 3 is 3.00 bits per heavy atom. The Bertz CT molecular complexity index is 401. The minimum Gasteiger partial charge on any atom is -0.384 e. The van der Waals surface area contributed by atoms with E-state index < -0.39 is 0 Å². The number of para-hydroxylation sites is 1. The maximum Gasteiger partial charge on any atom is 0.0419 e. The van der Waals surface area contributed by atoms with E-state index in [0.717, 1.165) is 26.2 Å². The highest BCUT2D eigenvalue weighted by Gasteiger charge is 2.12. The van der Waals surface area contributed by atoms with E-state index in [1.54, 1.807) is 0 Å². The molecule has 3 heteroatoms. The molecule has 19 heavy (non-hydrogen) atoms. The highest BCUT2D eigenvalue weighted by molar-refractivity contribution is 5.61. The first-order valence-corrected chi connectivity index (χ1v) is 7.44. The number of nitrogens with one attached hydrogen (secondary N) is 2. The summed E-state index contributed by atoms with van der Waals surface area (Å²) in [6.07, 6.45) is 2.37. The zero-order valence-electron chi connectivity index (χ0n) is 12.5. The number of rotatable bonds is 7. The van der Waals surface area contributed by atoms with Crippen molar-refractivity contribution < 1.29 is 0 Å². The molecule has 1 aromatic rings. The fourth-order valence-corrected chi connectivity index (χ4v) is 2.49. The molecule has 3 nitrogen and oxygen atoms in total. The normalized spacial score (nSPS) is 13.9. The summed E-state index contributed by atoms with van der Waals surface area (Å²) in [6, 6.07) is 7.28. The summed E-state index contributed by atoms with van der Waals surface area (Å²) in [4.78, 5) is 2.39. The Labute approximate surface area is 117 Å². The molecular formula is C16H27N3. The Hall–Kier alpha value is -1.06. The minimum atomic E-state index is 0.640. The highest BCUT2D eigenvalue weighted by Crippen LogP contribution is 2.26. The SMILES string of the molecule is CC(C)N(C)CCCNCc1cccc2c1NCC2. The van der Waals surface area contributed by atoms with Gasteiger partial charge in [0.25, 0.3) is 0 Å². The fourth-order valence-electron chi connectivity index (χ4n) is 2.49. The topological polar surface area (TPSA) is 27.3 Å². The first-order valence-electron chi connectivity index (χ1n) is 7.44. The van der Waals surface area contributed by atoms with Crippen LogP contribution in [-0.2, 0) is 13.0 Å². The van der Waals surface area contributed by atoms with E-state index in [4.69, 9.17) is 0 Å². The Morgan fingerprint density at radius 2 is 2.21 bits per heavy atom. The highest BCUT2D eigenvalue weighted by atomic mass is 15.1. The molecule has 0 aromatic heterocycles. The maximum atomic E-state index is 3.56. The molecule has 2 N–H and O–H groups in total. The van der Waals surface area contributed by atoms with E-state index in [0.29, 0.717) is 6.04 Å². The first-order chi connectivity index (χ1) is 9.18. The lowest BCUT2D eigenvalue weighted by Crippen LogP contribution is -2.29. The monoisotopic (exact) mass is 261 g/mol. The summed E-state index contributed by atoms with van der Waals surface area (Å²) < 4.78 is 0. The van der Waals surface area contributed by atoms with E-state index in [2.05, 4.69) is 54.6 Å². The van der Waals surface area contributed by atoms with Crippen LogP contribution in [0.15, 0.2) is 18.2 Å². The minimum absolute atomic E-state index is 0.640. The third-order valence-corrected chi connectivity index (χ3v) is 3.99. The van der Waals surface area contributed by atoms with Gasteiger partial charge < -0.3 is 15.5 Å². The molecule has 2 rings (SSSR count). The van der Waals surface area contributed by atoms with Crippen LogP contribution in [0.5, 0.6) is 0 Å². The molecule has 0 atom stereocenters. The van der Waals surface area contributed by atoms with Crippen LogP contribution in [0.4, 0.5) is 5.69 Å². The molecule has 1 aliphatic heterocycles. The van der Waals surface area contributed by atoms with Gasteiger partial charge in [0.15, 0.2) is 0 Å². The second-order valence-electron chi connectivity index (χ2n) is 5.73. The molecule has 0 fully saturated rings. The molecule has 1 aromatic carbocycles. The van der Waals surface area contributed by atoms with Gasteiger partial charge >= 0.3 is 0 Å². The third kappa shape index (κ3) is 3.95. The van der Waals surface area contributed by atoms with Crippen molar-refractivity contribution in [1.82, 2.24) is 10.2 Å². The van der Waals surface area contributed by atoms with E-state index in [-0.39, 0.29) is 0 Å². The first kappa shape index (κ1) is 14.4. The molecule has 1 aliphatic rings. The summed E-state index contributed by atoms with van der Waals surface area (Å²) in [6.45, 7) is 8.79. The maximum absolute atomic E-state index is 3.56. The smallest absolute Gasteiger partial charge is 0.0419 e. The molecule has 0 amide bonds. The van der Waals surface area contributed by atoms with Crippen molar-refractivity contribution in [3.05, 3.63) is 29.3 Å².